The molecule has 0 bridgehead atoms. The number of nitrogen functional groups attached to an aromatic ring is 1. The van der Waals surface area contributed by atoms with Crippen LogP contribution in [0.15, 0.2) is 12.1 Å². The maximum absolute atomic E-state index is 13.7. The minimum atomic E-state index is -0.422. The smallest absolute Gasteiger partial charge is 0.167 e. The van der Waals surface area contributed by atoms with Crippen LogP contribution in [0, 0.1) is 5.82 Å². The second kappa shape index (κ2) is 6.31. The van der Waals surface area contributed by atoms with Crippen LogP contribution < -0.4 is 15.9 Å². The lowest BCUT2D eigenvalue weighted by Gasteiger charge is -2.39. The standard InChI is InChI=1S/C15H24FN3O/c1-4-20-15-9-14(13(17)8-12(15)16)18-19-10(2)6-5-7-11(19)3/h8-11,18H,4-7,17H2,1-3H3. The molecular formula is C15H24FN3O. The highest BCUT2D eigenvalue weighted by Crippen LogP contribution is 2.31. The first-order chi connectivity index (χ1) is 9.52. The fourth-order valence-electron chi connectivity index (χ4n) is 2.71. The third-order valence-electron chi connectivity index (χ3n) is 3.85. The molecule has 1 aromatic rings. The molecule has 0 aromatic heterocycles. The summed E-state index contributed by atoms with van der Waals surface area (Å²) >= 11 is 0. The molecule has 2 atom stereocenters. The van der Waals surface area contributed by atoms with Crippen LogP contribution in [0.2, 0.25) is 0 Å². The summed E-state index contributed by atoms with van der Waals surface area (Å²) in [5.41, 5.74) is 10.3. The van der Waals surface area contributed by atoms with Crippen molar-refractivity contribution in [3.63, 3.8) is 0 Å². The van der Waals surface area contributed by atoms with Crippen molar-refractivity contribution < 1.29 is 9.13 Å². The van der Waals surface area contributed by atoms with Crippen molar-refractivity contribution in [3.8, 4) is 5.75 Å². The van der Waals surface area contributed by atoms with Crippen LogP contribution in [-0.4, -0.2) is 23.7 Å². The summed E-state index contributed by atoms with van der Waals surface area (Å²) in [4.78, 5) is 0. The van der Waals surface area contributed by atoms with Crippen LogP contribution in [0.3, 0.4) is 0 Å². The van der Waals surface area contributed by atoms with Crippen LogP contribution in [0.25, 0.3) is 0 Å². The van der Waals surface area contributed by atoms with Crippen molar-refractivity contribution in [2.45, 2.75) is 52.1 Å². The Labute approximate surface area is 120 Å². The first kappa shape index (κ1) is 14.9. The number of hydrazine groups is 1. The number of ether oxygens (including phenoxy) is 1. The Morgan fingerprint density at radius 1 is 1.35 bits per heavy atom. The van der Waals surface area contributed by atoms with Crippen LogP contribution in [0.4, 0.5) is 15.8 Å². The van der Waals surface area contributed by atoms with Gasteiger partial charge in [-0.2, -0.15) is 0 Å². The van der Waals surface area contributed by atoms with E-state index in [0.29, 0.717) is 30.1 Å². The van der Waals surface area contributed by atoms with Gasteiger partial charge in [0.15, 0.2) is 11.6 Å². The minimum Gasteiger partial charge on any atom is -0.491 e. The quantitative estimate of drug-likeness (QED) is 0.831. The van der Waals surface area contributed by atoms with Gasteiger partial charge in [-0.1, -0.05) is 6.42 Å². The fraction of sp³-hybridized carbons (Fsp3) is 0.600. The highest BCUT2D eigenvalue weighted by atomic mass is 19.1. The Morgan fingerprint density at radius 2 is 2.00 bits per heavy atom. The van der Waals surface area contributed by atoms with E-state index in [0.717, 1.165) is 12.8 Å². The third-order valence-corrected chi connectivity index (χ3v) is 3.85. The molecule has 5 heteroatoms. The van der Waals surface area contributed by atoms with Gasteiger partial charge >= 0.3 is 0 Å². The number of hydrogen-bond donors (Lipinski definition) is 2. The molecule has 20 heavy (non-hydrogen) atoms. The van der Waals surface area contributed by atoms with Crippen LogP contribution in [0.5, 0.6) is 5.75 Å². The van der Waals surface area contributed by atoms with E-state index in [-0.39, 0.29) is 5.75 Å². The number of nitrogens with two attached hydrogens (primary N) is 1. The fourth-order valence-corrected chi connectivity index (χ4v) is 2.71. The van der Waals surface area contributed by atoms with E-state index in [1.165, 1.54) is 12.5 Å². The van der Waals surface area contributed by atoms with Gasteiger partial charge in [0.2, 0.25) is 0 Å². The molecule has 0 saturated carbocycles. The van der Waals surface area contributed by atoms with Crippen molar-refractivity contribution in [1.82, 2.24) is 5.01 Å². The van der Waals surface area contributed by atoms with Crippen molar-refractivity contribution in [2.75, 3.05) is 17.8 Å². The number of anilines is 2. The molecule has 1 aromatic carbocycles. The summed E-state index contributed by atoms with van der Waals surface area (Å²) in [6.45, 7) is 6.63. The number of rotatable bonds is 4. The summed E-state index contributed by atoms with van der Waals surface area (Å²) < 4.78 is 19.0. The van der Waals surface area contributed by atoms with Gasteiger partial charge in [0.25, 0.3) is 0 Å². The molecule has 112 valence electrons. The molecule has 1 heterocycles. The minimum absolute atomic E-state index is 0.238. The van der Waals surface area contributed by atoms with E-state index in [1.54, 1.807) is 6.07 Å². The summed E-state index contributed by atoms with van der Waals surface area (Å²) in [6.07, 6.45) is 3.54. The zero-order chi connectivity index (χ0) is 14.7. The molecular weight excluding hydrogens is 257 g/mol. The van der Waals surface area contributed by atoms with Crippen molar-refractivity contribution in [2.24, 2.45) is 0 Å². The summed E-state index contributed by atoms with van der Waals surface area (Å²) in [5, 5.41) is 2.20. The SMILES string of the molecule is CCOc1cc(NN2C(C)CCCC2C)c(N)cc1F. The van der Waals surface area contributed by atoms with Crippen molar-refractivity contribution >= 4 is 11.4 Å². The molecule has 3 N–H and O–H groups in total. The normalized spacial score (nSPS) is 23.6. The molecule has 4 nitrogen and oxygen atoms in total. The molecule has 1 aliphatic heterocycles. The van der Waals surface area contributed by atoms with Gasteiger partial charge in [-0.15, -0.1) is 0 Å². The number of benzene rings is 1. The van der Waals surface area contributed by atoms with Gasteiger partial charge in [0.05, 0.1) is 18.0 Å². The monoisotopic (exact) mass is 281 g/mol. The average molecular weight is 281 g/mol. The summed E-state index contributed by atoms with van der Waals surface area (Å²) in [5.74, 6) is -0.184. The van der Waals surface area contributed by atoms with Gasteiger partial charge in [0.1, 0.15) is 0 Å². The molecule has 0 radical (unpaired) electrons. The van der Waals surface area contributed by atoms with Gasteiger partial charge in [0, 0.05) is 24.2 Å². The molecule has 0 amide bonds. The number of hydrogen-bond acceptors (Lipinski definition) is 4. The predicted molar refractivity (Wildman–Crippen MR) is 80.2 cm³/mol. The van der Waals surface area contributed by atoms with E-state index in [4.69, 9.17) is 10.5 Å². The Hall–Kier alpha value is -1.49. The highest BCUT2D eigenvalue weighted by molar-refractivity contribution is 5.68. The van der Waals surface area contributed by atoms with Crippen molar-refractivity contribution in [1.29, 1.82) is 0 Å². The van der Waals surface area contributed by atoms with Gasteiger partial charge < -0.3 is 15.9 Å². The summed E-state index contributed by atoms with van der Waals surface area (Å²) in [6, 6.07) is 3.81. The van der Waals surface area contributed by atoms with E-state index >= 15 is 0 Å². The number of piperidine rings is 1. The topological polar surface area (TPSA) is 50.5 Å². The zero-order valence-corrected chi connectivity index (χ0v) is 12.4. The summed E-state index contributed by atoms with van der Waals surface area (Å²) in [7, 11) is 0. The second-order valence-electron chi connectivity index (χ2n) is 5.45. The van der Waals surface area contributed by atoms with E-state index in [2.05, 4.69) is 24.3 Å². The average Bonchev–Trinajstić information content (AvgIpc) is 2.39. The lowest BCUT2D eigenvalue weighted by Crippen LogP contribution is -2.47. The molecule has 0 spiro atoms. The van der Waals surface area contributed by atoms with Crippen LogP contribution in [0.1, 0.15) is 40.0 Å². The van der Waals surface area contributed by atoms with E-state index in [1.807, 2.05) is 6.92 Å². The Kier molecular flexibility index (Phi) is 4.70. The van der Waals surface area contributed by atoms with Crippen LogP contribution >= 0.6 is 0 Å². The van der Waals surface area contributed by atoms with E-state index in [9.17, 15) is 4.39 Å². The Balaban J connectivity index is 2.21. The first-order valence-electron chi connectivity index (χ1n) is 7.29. The number of nitrogens with one attached hydrogen (secondary N) is 1. The highest BCUT2D eigenvalue weighted by Gasteiger charge is 2.25. The lowest BCUT2D eigenvalue weighted by molar-refractivity contribution is 0.136. The molecule has 1 saturated heterocycles. The molecule has 2 unspecified atom stereocenters. The number of nitrogens with zero attached hydrogens (tertiary/aromatic N) is 1. The predicted octanol–water partition coefficient (Wildman–Crippen LogP) is 3.40. The molecule has 0 aliphatic carbocycles. The van der Waals surface area contributed by atoms with Crippen LogP contribution in [-0.2, 0) is 0 Å². The lowest BCUT2D eigenvalue weighted by atomic mass is 10.00. The van der Waals surface area contributed by atoms with E-state index < -0.39 is 5.82 Å². The maximum Gasteiger partial charge on any atom is 0.167 e. The van der Waals surface area contributed by atoms with Gasteiger partial charge in [-0.05, 0) is 33.6 Å². The Morgan fingerprint density at radius 3 is 2.60 bits per heavy atom. The van der Waals surface area contributed by atoms with Gasteiger partial charge in [-0.25, -0.2) is 9.40 Å². The van der Waals surface area contributed by atoms with Crippen molar-refractivity contribution in [3.05, 3.63) is 17.9 Å². The zero-order valence-electron chi connectivity index (χ0n) is 12.4. The number of halogens is 1. The molecule has 1 fully saturated rings. The first-order valence-corrected chi connectivity index (χ1v) is 7.29. The maximum atomic E-state index is 13.7. The third kappa shape index (κ3) is 3.15. The van der Waals surface area contributed by atoms with Gasteiger partial charge in [-0.3, -0.25) is 0 Å². The second-order valence-corrected chi connectivity index (χ2v) is 5.45. The molecule has 2 rings (SSSR count). The largest absolute Gasteiger partial charge is 0.491 e. The molecule has 1 aliphatic rings. The Bertz CT molecular complexity index is 457.